The van der Waals surface area contributed by atoms with Crippen LogP contribution in [0.5, 0.6) is 0 Å². The van der Waals surface area contributed by atoms with Gasteiger partial charge in [-0.25, -0.2) is 0 Å². The van der Waals surface area contributed by atoms with E-state index in [0.29, 0.717) is 6.42 Å². The minimum Gasteiger partial charge on any atom is -0.481 e. The molecule has 0 aliphatic carbocycles. The fraction of sp³-hybridized carbons (Fsp3) is 0.538. The molecule has 0 fully saturated rings. The average molecular weight is 270 g/mol. The SMILES string of the molecule is CC(C)(C)OC(=O)CC(Cc1ccsc1)C(=O)O. The summed E-state index contributed by atoms with van der Waals surface area (Å²) >= 11 is 1.51. The maximum absolute atomic E-state index is 11.6. The zero-order valence-corrected chi connectivity index (χ0v) is 11.6. The van der Waals surface area contributed by atoms with Gasteiger partial charge >= 0.3 is 11.9 Å². The van der Waals surface area contributed by atoms with Crippen molar-refractivity contribution in [2.45, 2.75) is 39.2 Å². The highest BCUT2D eigenvalue weighted by molar-refractivity contribution is 7.07. The highest BCUT2D eigenvalue weighted by Crippen LogP contribution is 2.18. The van der Waals surface area contributed by atoms with E-state index in [1.54, 1.807) is 20.8 Å². The molecule has 0 amide bonds. The van der Waals surface area contributed by atoms with E-state index in [2.05, 4.69) is 0 Å². The van der Waals surface area contributed by atoms with Crippen LogP contribution in [0.15, 0.2) is 16.8 Å². The molecule has 1 atom stereocenters. The molecule has 1 rings (SSSR count). The van der Waals surface area contributed by atoms with Crippen LogP contribution in [-0.4, -0.2) is 22.6 Å². The van der Waals surface area contributed by atoms with Gasteiger partial charge in [-0.15, -0.1) is 0 Å². The topological polar surface area (TPSA) is 63.6 Å². The molecule has 4 nitrogen and oxygen atoms in total. The Labute approximate surface area is 111 Å². The minimum absolute atomic E-state index is 0.0948. The molecule has 18 heavy (non-hydrogen) atoms. The van der Waals surface area contributed by atoms with Crippen LogP contribution in [0.4, 0.5) is 0 Å². The predicted molar refractivity (Wildman–Crippen MR) is 69.6 cm³/mol. The van der Waals surface area contributed by atoms with Crippen molar-refractivity contribution in [1.82, 2.24) is 0 Å². The molecule has 5 heteroatoms. The van der Waals surface area contributed by atoms with Gasteiger partial charge < -0.3 is 9.84 Å². The van der Waals surface area contributed by atoms with E-state index < -0.39 is 23.5 Å². The third-order valence-corrected chi connectivity index (χ3v) is 2.98. The molecule has 0 aromatic carbocycles. The fourth-order valence-electron chi connectivity index (χ4n) is 1.52. The summed E-state index contributed by atoms with van der Waals surface area (Å²) in [4.78, 5) is 22.7. The number of ether oxygens (including phenoxy) is 1. The van der Waals surface area contributed by atoms with Crippen molar-refractivity contribution in [2.75, 3.05) is 0 Å². The van der Waals surface area contributed by atoms with Gasteiger partial charge in [0.15, 0.2) is 0 Å². The van der Waals surface area contributed by atoms with Crippen molar-refractivity contribution in [3.63, 3.8) is 0 Å². The van der Waals surface area contributed by atoms with Gasteiger partial charge in [0.05, 0.1) is 12.3 Å². The molecule has 1 N–H and O–H groups in total. The lowest BCUT2D eigenvalue weighted by atomic mass is 9.98. The van der Waals surface area contributed by atoms with Crippen molar-refractivity contribution in [1.29, 1.82) is 0 Å². The largest absolute Gasteiger partial charge is 0.481 e. The summed E-state index contributed by atoms with van der Waals surface area (Å²) in [6.45, 7) is 5.29. The van der Waals surface area contributed by atoms with Crippen LogP contribution in [0.1, 0.15) is 32.8 Å². The Morgan fingerprint density at radius 2 is 2.11 bits per heavy atom. The van der Waals surface area contributed by atoms with Gasteiger partial charge in [0.1, 0.15) is 5.60 Å². The van der Waals surface area contributed by atoms with Gasteiger partial charge in [-0.2, -0.15) is 11.3 Å². The van der Waals surface area contributed by atoms with Crippen molar-refractivity contribution < 1.29 is 19.4 Å². The number of aliphatic carboxylic acids is 1. The van der Waals surface area contributed by atoms with Gasteiger partial charge in [0.2, 0.25) is 0 Å². The summed E-state index contributed by atoms with van der Waals surface area (Å²) in [5, 5.41) is 12.9. The number of carbonyl (C=O) groups excluding carboxylic acids is 1. The molecule has 0 aliphatic heterocycles. The molecule has 0 saturated heterocycles. The number of esters is 1. The first-order valence-corrected chi connectivity index (χ1v) is 6.68. The zero-order valence-electron chi connectivity index (χ0n) is 10.8. The lowest BCUT2D eigenvalue weighted by Crippen LogP contribution is -2.28. The second-order valence-electron chi connectivity index (χ2n) is 5.16. The molecule has 100 valence electrons. The summed E-state index contributed by atoms with van der Waals surface area (Å²) in [7, 11) is 0. The highest BCUT2D eigenvalue weighted by Gasteiger charge is 2.25. The number of carboxylic acid groups (broad SMARTS) is 1. The Hall–Kier alpha value is -1.36. The number of hydrogen-bond acceptors (Lipinski definition) is 4. The molecule has 1 aromatic rings. The third kappa shape index (κ3) is 5.31. The number of hydrogen-bond donors (Lipinski definition) is 1. The van der Waals surface area contributed by atoms with Crippen LogP contribution in [0.2, 0.25) is 0 Å². The van der Waals surface area contributed by atoms with E-state index in [-0.39, 0.29) is 6.42 Å². The van der Waals surface area contributed by atoms with E-state index in [0.717, 1.165) is 5.56 Å². The summed E-state index contributed by atoms with van der Waals surface area (Å²) in [5.74, 6) is -2.16. The van der Waals surface area contributed by atoms with Crippen molar-refractivity contribution in [2.24, 2.45) is 5.92 Å². The predicted octanol–water partition coefficient (Wildman–Crippen LogP) is 2.72. The first-order valence-electron chi connectivity index (χ1n) is 5.73. The Balaban J connectivity index is 2.58. The summed E-state index contributed by atoms with van der Waals surface area (Å²) in [5.41, 5.74) is 0.360. The van der Waals surface area contributed by atoms with Crippen LogP contribution in [0, 0.1) is 5.92 Å². The number of rotatable bonds is 5. The molecule has 0 radical (unpaired) electrons. The second kappa shape index (κ2) is 6.00. The van der Waals surface area contributed by atoms with Crippen LogP contribution >= 0.6 is 11.3 Å². The Bertz CT molecular complexity index is 403. The van der Waals surface area contributed by atoms with E-state index in [1.807, 2.05) is 16.8 Å². The van der Waals surface area contributed by atoms with Gasteiger partial charge in [-0.1, -0.05) is 0 Å². The van der Waals surface area contributed by atoms with E-state index in [1.165, 1.54) is 11.3 Å². The average Bonchev–Trinajstić information content (AvgIpc) is 2.66. The van der Waals surface area contributed by atoms with Crippen molar-refractivity contribution in [3.05, 3.63) is 22.4 Å². The first kappa shape index (κ1) is 14.7. The molecule has 0 aliphatic rings. The lowest BCUT2D eigenvalue weighted by molar-refractivity contribution is -0.159. The highest BCUT2D eigenvalue weighted by atomic mass is 32.1. The minimum atomic E-state index is -0.966. The van der Waals surface area contributed by atoms with Crippen molar-refractivity contribution in [3.8, 4) is 0 Å². The zero-order chi connectivity index (χ0) is 13.8. The normalized spacial score (nSPS) is 13.1. The molecule has 1 heterocycles. The van der Waals surface area contributed by atoms with E-state index in [9.17, 15) is 9.59 Å². The summed E-state index contributed by atoms with van der Waals surface area (Å²) < 4.78 is 5.14. The smallest absolute Gasteiger partial charge is 0.307 e. The molecule has 0 saturated carbocycles. The maximum atomic E-state index is 11.6. The van der Waals surface area contributed by atoms with Gasteiger partial charge in [-0.05, 0) is 49.6 Å². The molecule has 0 spiro atoms. The molecule has 0 bridgehead atoms. The number of carbonyl (C=O) groups is 2. The lowest BCUT2D eigenvalue weighted by Gasteiger charge is -2.20. The standard InChI is InChI=1S/C13H18O4S/c1-13(2,3)17-11(14)7-10(12(15)16)6-9-4-5-18-8-9/h4-5,8,10H,6-7H2,1-3H3,(H,15,16). The molecule has 1 unspecified atom stereocenters. The van der Waals surface area contributed by atoms with Crippen molar-refractivity contribution >= 4 is 23.3 Å². The quantitative estimate of drug-likeness (QED) is 0.836. The maximum Gasteiger partial charge on any atom is 0.307 e. The van der Waals surface area contributed by atoms with Crippen LogP contribution in [-0.2, 0) is 20.7 Å². The Morgan fingerprint density at radius 1 is 1.44 bits per heavy atom. The van der Waals surface area contributed by atoms with E-state index >= 15 is 0 Å². The summed E-state index contributed by atoms with van der Waals surface area (Å²) in [6, 6.07) is 1.87. The monoisotopic (exact) mass is 270 g/mol. The fourth-order valence-corrected chi connectivity index (χ4v) is 2.21. The Morgan fingerprint density at radius 3 is 2.56 bits per heavy atom. The molecular weight excluding hydrogens is 252 g/mol. The van der Waals surface area contributed by atoms with Crippen LogP contribution in [0.3, 0.4) is 0 Å². The van der Waals surface area contributed by atoms with Gasteiger partial charge in [0, 0.05) is 0 Å². The number of carboxylic acids is 1. The van der Waals surface area contributed by atoms with Gasteiger partial charge in [0.25, 0.3) is 0 Å². The molecule has 1 aromatic heterocycles. The summed E-state index contributed by atoms with van der Waals surface area (Å²) in [6.07, 6.45) is 0.264. The Kier molecular flexibility index (Phi) is 4.90. The third-order valence-electron chi connectivity index (χ3n) is 2.24. The van der Waals surface area contributed by atoms with Crippen LogP contribution in [0.25, 0.3) is 0 Å². The number of thiophene rings is 1. The first-order chi connectivity index (χ1) is 8.28. The van der Waals surface area contributed by atoms with E-state index in [4.69, 9.17) is 9.84 Å². The molecular formula is C13H18O4S. The van der Waals surface area contributed by atoms with Crippen LogP contribution < -0.4 is 0 Å². The van der Waals surface area contributed by atoms with Gasteiger partial charge in [-0.3, -0.25) is 9.59 Å². The second-order valence-corrected chi connectivity index (χ2v) is 5.94.